The Balaban J connectivity index is 1.55. The van der Waals surface area contributed by atoms with Crippen molar-refractivity contribution in [2.24, 2.45) is 5.92 Å². The van der Waals surface area contributed by atoms with Gasteiger partial charge in [0.05, 0.1) is 6.54 Å². The van der Waals surface area contributed by atoms with Crippen LogP contribution in [0.25, 0.3) is 0 Å². The van der Waals surface area contributed by atoms with Gasteiger partial charge in [0, 0.05) is 30.4 Å². The van der Waals surface area contributed by atoms with Crippen LogP contribution in [-0.4, -0.2) is 24.9 Å². The number of carbonyl (C=O) groups excluding carboxylic acids is 2. The standard InChI is InChI=1S/C22H27N3O2/c1-16(2)22(17-7-4-3-5-8-17)23-15-20(26)24-18-10-12-19(13-11-18)25-14-6-9-21(25)27/h3-5,7-8,10-13,16,22-23H,6,9,14-15H2,1-2H3,(H,24,26). The van der Waals surface area contributed by atoms with E-state index in [0.717, 1.165) is 24.3 Å². The van der Waals surface area contributed by atoms with Gasteiger partial charge < -0.3 is 15.5 Å². The summed E-state index contributed by atoms with van der Waals surface area (Å²) in [6.07, 6.45) is 1.52. The van der Waals surface area contributed by atoms with Crippen LogP contribution in [0.4, 0.5) is 11.4 Å². The Bertz CT molecular complexity index is 772. The van der Waals surface area contributed by atoms with Crippen LogP contribution in [0.15, 0.2) is 54.6 Å². The lowest BCUT2D eigenvalue weighted by Gasteiger charge is -2.22. The molecule has 5 heteroatoms. The Morgan fingerprint density at radius 1 is 1.07 bits per heavy atom. The molecule has 2 N–H and O–H groups in total. The first-order valence-corrected chi connectivity index (χ1v) is 9.53. The zero-order chi connectivity index (χ0) is 19.2. The summed E-state index contributed by atoms with van der Waals surface area (Å²) in [4.78, 5) is 25.9. The van der Waals surface area contributed by atoms with Crippen molar-refractivity contribution in [2.75, 3.05) is 23.3 Å². The second kappa shape index (κ2) is 8.82. The van der Waals surface area contributed by atoms with Crippen LogP contribution in [0, 0.1) is 5.92 Å². The molecule has 3 rings (SSSR count). The Labute approximate surface area is 160 Å². The first-order chi connectivity index (χ1) is 13.0. The molecule has 1 heterocycles. The Kier molecular flexibility index (Phi) is 6.24. The molecule has 1 aliphatic heterocycles. The van der Waals surface area contributed by atoms with Crippen molar-refractivity contribution >= 4 is 23.2 Å². The van der Waals surface area contributed by atoms with Gasteiger partial charge in [-0.25, -0.2) is 0 Å². The number of hydrogen-bond acceptors (Lipinski definition) is 3. The maximum Gasteiger partial charge on any atom is 0.238 e. The van der Waals surface area contributed by atoms with Crippen LogP contribution >= 0.6 is 0 Å². The van der Waals surface area contributed by atoms with Crippen LogP contribution in [0.5, 0.6) is 0 Å². The summed E-state index contributed by atoms with van der Waals surface area (Å²) < 4.78 is 0. The highest BCUT2D eigenvalue weighted by Gasteiger charge is 2.21. The highest BCUT2D eigenvalue weighted by atomic mass is 16.2. The summed E-state index contributed by atoms with van der Waals surface area (Å²) >= 11 is 0. The predicted molar refractivity (Wildman–Crippen MR) is 109 cm³/mol. The molecule has 27 heavy (non-hydrogen) atoms. The van der Waals surface area contributed by atoms with E-state index in [1.165, 1.54) is 5.56 Å². The quantitative estimate of drug-likeness (QED) is 0.786. The van der Waals surface area contributed by atoms with E-state index in [-0.39, 0.29) is 24.4 Å². The number of carbonyl (C=O) groups is 2. The zero-order valence-corrected chi connectivity index (χ0v) is 15.9. The summed E-state index contributed by atoms with van der Waals surface area (Å²) in [5.41, 5.74) is 2.80. The van der Waals surface area contributed by atoms with E-state index in [2.05, 4.69) is 36.6 Å². The Morgan fingerprint density at radius 3 is 2.37 bits per heavy atom. The Morgan fingerprint density at radius 2 is 1.78 bits per heavy atom. The van der Waals surface area contributed by atoms with Gasteiger partial charge in [0.25, 0.3) is 0 Å². The lowest BCUT2D eigenvalue weighted by Crippen LogP contribution is -2.33. The second-order valence-corrected chi connectivity index (χ2v) is 7.26. The monoisotopic (exact) mass is 365 g/mol. The van der Waals surface area contributed by atoms with Crippen molar-refractivity contribution in [1.29, 1.82) is 0 Å². The molecule has 2 amide bonds. The number of benzene rings is 2. The third-order valence-corrected chi connectivity index (χ3v) is 4.84. The molecule has 0 bridgehead atoms. The van der Waals surface area contributed by atoms with Gasteiger partial charge in [-0.15, -0.1) is 0 Å². The van der Waals surface area contributed by atoms with Gasteiger partial charge in [-0.05, 0) is 42.2 Å². The van der Waals surface area contributed by atoms with E-state index in [4.69, 9.17) is 0 Å². The summed E-state index contributed by atoms with van der Waals surface area (Å²) in [6, 6.07) is 17.7. The van der Waals surface area contributed by atoms with Gasteiger partial charge in [-0.2, -0.15) is 0 Å². The number of nitrogens with one attached hydrogen (secondary N) is 2. The topological polar surface area (TPSA) is 61.4 Å². The third kappa shape index (κ3) is 4.95. The maximum atomic E-state index is 12.3. The van der Waals surface area contributed by atoms with Gasteiger partial charge in [-0.1, -0.05) is 44.2 Å². The van der Waals surface area contributed by atoms with E-state index in [0.29, 0.717) is 12.3 Å². The molecule has 1 fully saturated rings. The highest BCUT2D eigenvalue weighted by molar-refractivity contribution is 5.96. The van der Waals surface area contributed by atoms with E-state index in [1.807, 2.05) is 42.5 Å². The number of amides is 2. The highest BCUT2D eigenvalue weighted by Crippen LogP contribution is 2.23. The fourth-order valence-electron chi connectivity index (χ4n) is 3.45. The molecular weight excluding hydrogens is 338 g/mol. The van der Waals surface area contributed by atoms with Crippen molar-refractivity contribution in [1.82, 2.24) is 5.32 Å². The number of anilines is 2. The third-order valence-electron chi connectivity index (χ3n) is 4.84. The normalized spacial score (nSPS) is 15.2. The minimum absolute atomic E-state index is 0.0819. The fourth-order valence-corrected chi connectivity index (χ4v) is 3.45. The van der Waals surface area contributed by atoms with Crippen molar-refractivity contribution in [3.05, 3.63) is 60.2 Å². The average molecular weight is 365 g/mol. The van der Waals surface area contributed by atoms with Gasteiger partial charge in [0.15, 0.2) is 0 Å². The molecule has 0 aliphatic carbocycles. The van der Waals surface area contributed by atoms with Crippen LogP contribution < -0.4 is 15.5 Å². The molecule has 1 saturated heterocycles. The fraction of sp³-hybridized carbons (Fsp3) is 0.364. The van der Waals surface area contributed by atoms with Crippen molar-refractivity contribution < 1.29 is 9.59 Å². The lowest BCUT2D eigenvalue weighted by atomic mass is 9.96. The first-order valence-electron chi connectivity index (χ1n) is 9.53. The summed E-state index contributed by atoms with van der Waals surface area (Å²) in [7, 11) is 0. The number of rotatable bonds is 7. The molecule has 5 nitrogen and oxygen atoms in total. The molecule has 0 saturated carbocycles. The first kappa shape index (κ1) is 19.1. The van der Waals surface area contributed by atoms with Gasteiger partial charge in [-0.3, -0.25) is 9.59 Å². The molecule has 0 radical (unpaired) electrons. The molecule has 2 aromatic carbocycles. The molecule has 1 aliphatic rings. The van der Waals surface area contributed by atoms with Gasteiger partial charge in [0.1, 0.15) is 0 Å². The predicted octanol–water partition coefficient (Wildman–Crippen LogP) is 3.74. The molecule has 1 atom stereocenters. The van der Waals surface area contributed by atoms with Crippen molar-refractivity contribution in [3.8, 4) is 0 Å². The average Bonchev–Trinajstić information content (AvgIpc) is 3.09. The summed E-state index contributed by atoms with van der Waals surface area (Å²) in [6.45, 7) is 5.29. The van der Waals surface area contributed by atoms with Crippen LogP contribution in [0.1, 0.15) is 38.3 Å². The maximum absolute atomic E-state index is 12.3. The number of nitrogens with zero attached hydrogens (tertiary/aromatic N) is 1. The van der Waals surface area contributed by atoms with E-state index in [1.54, 1.807) is 4.90 Å². The minimum Gasteiger partial charge on any atom is -0.325 e. The van der Waals surface area contributed by atoms with Crippen LogP contribution in [0.2, 0.25) is 0 Å². The van der Waals surface area contributed by atoms with Crippen molar-refractivity contribution in [3.63, 3.8) is 0 Å². The molecule has 1 unspecified atom stereocenters. The Hall–Kier alpha value is -2.66. The molecule has 142 valence electrons. The molecule has 2 aromatic rings. The minimum atomic E-state index is -0.0819. The molecular formula is C22H27N3O2. The largest absolute Gasteiger partial charge is 0.325 e. The van der Waals surface area contributed by atoms with E-state index >= 15 is 0 Å². The van der Waals surface area contributed by atoms with Crippen LogP contribution in [0.3, 0.4) is 0 Å². The van der Waals surface area contributed by atoms with E-state index in [9.17, 15) is 9.59 Å². The molecule has 0 spiro atoms. The van der Waals surface area contributed by atoms with Crippen LogP contribution in [-0.2, 0) is 9.59 Å². The SMILES string of the molecule is CC(C)C(NCC(=O)Nc1ccc(N2CCCC2=O)cc1)c1ccccc1. The summed E-state index contributed by atoms with van der Waals surface area (Å²) in [5, 5.41) is 6.26. The summed E-state index contributed by atoms with van der Waals surface area (Å²) in [5.74, 6) is 0.454. The molecule has 0 aromatic heterocycles. The van der Waals surface area contributed by atoms with Gasteiger partial charge in [0.2, 0.25) is 11.8 Å². The van der Waals surface area contributed by atoms with E-state index < -0.39 is 0 Å². The smallest absolute Gasteiger partial charge is 0.238 e. The zero-order valence-electron chi connectivity index (χ0n) is 15.9. The van der Waals surface area contributed by atoms with Crippen molar-refractivity contribution in [2.45, 2.75) is 32.7 Å². The second-order valence-electron chi connectivity index (χ2n) is 7.26. The number of hydrogen-bond donors (Lipinski definition) is 2. The lowest BCUT2D eigenvalue weighted by molar-refractivity contribution is -0.117. The van der Waals surface area contributed by atoms with Gasteiger partial charge >= 0.3 is 0 Å².